The van der Waals surface area contributed by atoms with Crippen molar-refractivity contribution in [2.75, 3.05) is 13.7 Å². The van der Waals surface area contributed by atoms with Crippen molar-refractivity contribution >= 4 is 12.1 Å². The summed E-state index contributed by atoms with van der Waals surface area (Å²) in [6.45, 7) is 2.40. The van der Waals surface area contributed by atoms with Gasteiger partial charge in [-0.1, -0.05) is 18.2 Å². The Morgan fingerprint density at radius 2 is 2.20 bits per heavy atom. The number of aryl methyl sites for hydroxylation is 1. The second-order valence-electron chi connectivity index (χ2n) is 4.96. The number of esters is 1. The van der Waals surface area contributed by atoms with Gasteiger partial charge in [-0.05, 0) is 36.5 Å². The normalized spacial score (nSPS) is 17.5. The highest BCUT2D eigenvalue weighted by molar-refractivity contribution is 5.70. The van der Waals surface area contributed by atoms with Crippen LogP contribution in [0.5, 0.6) is 0 Å². The topological polar surface area (TPSA) is 66.8 Å². The third-order valence-electron chi connectivity index (χ3n) is 3.90. The summed E-state index contributed by atoms with van der Waals surface area (Å²) in [5.41, 5.74) is 3.34. The first-order valence-corrected chi connectivity index (χ1v) is 6.71. The average Bonchev–Trinajstić information content (AvgIpc) is 2.44. The fourth-order valence-electron chi connectivity index (χ4n) is 2.78. The van der Waals surface area contributed by atoms with E-state index in [9.17, 15) is 14.7 Å². The highest BCUT2D eigenvalue weighted by Gasteiger charge is 2.28. The number of carbonyl (C=O) groups excluding carboxylic acids is 1. The maximum atomic E-state index is 11.3. The summed E-state index contributed by atoms with van der Waals surface area (Å²) >= 11 is 0. The van der Waals surface area contributed by atoms with Crippen LogP contribution in [0.3, 0.4) is 0 Å². The second-order valence-corrected chi connectivity index (χ2v) is 4.96. The molecular weight excluding hydrogens is 258 g/mol. The Balaban J connectivity index is 2.23. The van der Waals surface area contributed by atoms with Gasteiger partial charge in [-0.15, -0.1) is 0 Å². The zero-order valence-electron chi connectivity index (χ0n) is 11.8. The summed E-state index contributed by atoms with van der Waals surface area (Å²) in [7, 11) is 1.38. The molecule has 0 spiro atoms. The van der Waals surface area contributed by atoms with Crippen LogP contribution in [0.25, 0.3) is 0 Å². The number of nitrogens with zero attached hydrogens (tertiary/aromatic N) is 1. The summed E-state index contributed by atoms with van der Waals surface area (Å²) < 4.78 is 4.66. The number of fused-ring (bicyclic) bond motifs is 1. The third kappa shape index (κ3) is 2.76. The van der Waals surface area contributed by atoms with Gasteiger partial charge in [-0.25, -0.2) is 4.79 Å². The fourth-order valence-corrected chi connectivity index (χ4v) is 2.78. The number of rotatable bonds is 3. The molecule has 1 aromatic carbocycles. The van der Waals surface area contributed by atoms with Gasteiger partial charge in [0.05, 0.1) is 13.2 Å². The molecule has 0 aromatic heterocycles. The van der Waals surface area contributed by atoms with E-state index >= 15 is 0 Å². The van der Waals surface area contributed by atoms with Crippen molar-refractivity contribution in [1.29, 1.82) is 0 Å². The fraction of sp³-hybridized carbons (Fsp3) is 0.467. The number of amides is 1. The van der Waals surface area contributed by atoms with Gasteiger partial charge in [0.25, 0.3) is 0 Å². The van der Waals surface area contributed by atoms with Crippen molar-refractivity contribution in [3.8, 4) is 0 Å². The highest BCUT2D eigenvalue weighted by Crippen LogP contribution is 2.31. The molecule has 1 N–H and O–H groups in total. The largest absolute Gasteiger partial charge is 0.469 e. The molecule has 0 saturated carbocycles. The van der Waals surface area contributed by atoms with E-state index in [1.54, 1.807) is 0 Å². The van der Waals surface area contributed by atoms with Gasteiger partial charge in [0.15, 0.2) is 0 Å². The zero-order valence-corrected chi connectivity index (χ0v) is 11.8. The molecule has 1 aromatic rings. The molecule has 1 aliphatic heterocycles. The van der Waals surface area contributed by atoms with Crippen LogP contribution >= 0.6 is 0 Å². The predicted octanol–water partition coefficient (Wildman–Crippen LogP) is 2.39. The first kappa shape index (κ1) is 14.4. The van der Waals surface area contributed by atoms with Crippen molar-refractivity contribution < 1.29 is 19.4 Å². The zero-order chi connectivity index (χ0) is 14.7. The molecule has 0 fully saturated rings. The summed E-state index contributed by atoms with van der Waals surface area (Å²) in [6.07, 6.45) is 0.797. The van der Waals surface area contributed by atoms with Crippen LogP contribution in [-0.2, 0) is 22.4 Å². The van der Waals surface area contributed by atoms with Gasteiger partial charge in [0.2, 0.25) is 0 Å². The number of benzene rings is 1. The van der Waals surface area contributed by atoms with Crippen molar-refractivity contribution in [3.05, 3.63) is 34.9 Å². The van der Waals surface area contributed by atoms with E-state index in [-0.39, 0.29) is 12.0 Å². The molecule has 5 nitrogen and oxygen atoms in total. The first-order chi connectivity index (χ1) is 9.54. The van der Waals surface area contributed by atoms with Crippen molar-refractivity contribution in [3.63, 3.8) is 0 Å². The maximum absolute atomic E-state index is 11.3. The minimum atomic E-state index is -0.886. The molecule has 20 heavy (non-hydrogen) atoms. The van der Waals surface area contributed by atoms with Crippen LogP contribution in [0.1, 0.15) is 36.1 Å². The first-order valence-electron chi connectivity index (χ1n) is 6.71. The second kappa shape index (κ2) is 5.94. The van der Waals surface area contributed by atoms with Crippen LogP contribution in [0.4, 0.5) is 4.79 Å². The molecule has 1 aliphatic rings. The molecule has 1 atom stereocenters. The van der Waals surface area contributed by atoms with E-state index in [1.165, 1.54) is 17.6 Å². The van der Waals surface area contributed by atoms with Crippen LogP contribution in [0.2, 0.25) is 0 Å². The number of ether oxygens (including phenoxy) is 1. The number of hydrogen-bond donors (Lipinski definition) is 1. The Bertz CT molecular complexity index is 527. The SMILES string of the molecule is COC(=O)CCc1cccc2c1CCN(C(=O)O)[C@H]2C. The molecule has 0 saturated heterocycles. The number of methoxy groups -OCH3 is 1. The molecule has 2 rings (SSSR count). The lowest BCUT2D eigenvalue weighted by molar-refractivity contribution is -0.140. The molecule has 1 amide bonds. The van der Waals surface area contributed by atoms with E-state index in [0.717, 1.165) is 11.1 Å². The Kier molecular flexibility index (Phi) is 4.27. The van der Waals surface area contributed by atoms with E-state index in [1.807, 2.05) is 25.1 Å². The van der Waals surface area contributed by atoms with E-state index in [4.69, 9.17) is 0 Å². The molecule has 1 heterocycles. The smallest absolute Gasteiger partial charge is 0.407 e. The van der Waals surface area contributed by atoms with Crippen LogP contribution in [-0.4, -0.2) is 35.7 Å². The summed E-state index contributed by atoms with van der Waals surface area (Å²) in [5, 5.41) is 9.18. The van der Waals surface area contributed by atoms with Gasteiger partial charge < -0.3 is 14.7 Å². The molecule has 5 heteroatoms. The number of carboxylic acid groups (broad SMARTS) is 1. The van der Waals surface area contributed by atoms with Gasteiger partial charge in [-0.2, -0.15) is 0 Å². The number of carbonyl (C=O) groups is 2. The Hall–Kier alpha value is -2.04. The van der Waals surface area contributed by atoms with Crippen LogP contribution < -0.4 is 0 Å². The third-order valence-corrected chi connectivity index (χ3v) is 3.90. The Morgan fingerprint density at radius 1 is 1.45 bits per heavy atom. The molecule has 0 aliphatic carbocycles. The van der Waals surface area contributed by atoms with Crippen LogP contribution in [0.15, 0.2) is 18.2 Å². The number of hydrogen-bond acceptors (Lipinski definition) is 3. The molecule has 0 bridgehead atoms. The molecule has 0 unspecified atom stereocenters. The summed E-state index contributed by atoms with van der Waals surface area (Å²) in [4.78, 5) is 23.9. The van der Waals surface area contributed by atoms with Gasteiger partial charge in [0.1, 0.15) is 0 Å². The van der Waals surface area contributed by atoms with Crippen LogP contribution in [0, 0.1) is 0 Å². The van der Waals surface area contributed by atoms with Gasteiger partial charge in [0, 0.05) is 13.0 Å². The van der Waals surface area contributed by atoms with E-state index < -0.39 is 6.09 Å². The van der Waals surface area contributed by atoms with Gasteiger partial charge in [-0.3, -0.25) is 4.79 Å². The van der Waals surface area contributed by atoms with Crippen molar-refractivity contribution in [2.45, 2.75) is 32.2 Å². The molecule has 0 radical (unpaired) electrons. The average molecular weight is 277 g/mol. The minimum absolute atomic E-state index is 0.144. The Morgan fingerprint density at radius 3 is 2.85 bits per heavy atom. The van der Waals surface area contributed by atoms with E-state index in [0.29, 0.717) is 25.8 Å². The summed E-state index contributed by atoms with van der Waals surface area (Å²) in [6, 6.07) is 5.75. The highest BCUT2D eigenvalue weighted by atomic mass is 16.5. The van der Waals surface area contributed by atoms with Gasteiger partial charge >= 0.3 is 12.1 Å². The molecule has 108 valence electrons. The molecular formula is C15H19NO4. The summed E-state index contributed by atoms with van der Waals surface area (Å²) in [5.74, 6) is -0.223. The lowest BCUT2D eigenvalue weighted by Crippen LogP contribution is -2.38. The maximum Gasteiger partial charge on any atom is 0.407 e. The standard InChI is InChI=1S/C15H19NO4/c1-10-12-5-3-4-11(6-7-14(17)20-2)13(12)8-9-16(10)15(18)19/h3-5,10H,6-9H2,1-2H3,(H,18,19)/t10-/m0/s1. The minimum Gasteiger partial charge on any atom is -0.469 e. The van der Waals surface area contributed by atoms with Crippen molar-refractivity contribution in [2.24, 2.45) is 0 Å². The van der Waals surface area contributed by atoms with Crippen molar-refractivity contribution in [1.82, 2.24) is 4.90 Å². The van der Waals surface area contributed by atoms with E-state index in [2.05, 4.69) is 4.74 Å². The predicted molar refractivity (Wildman–Crippen MR) is 73.6 cm³/mol. The monoisotopic (exact) mass is 277 g/mol. The lowest BCUT2D eigenvalue weighted by atomic mass is 9.88. The Labute approximate surface area is 118 Å². The lowest BCUT2D eigenvalue weighted by Gasteiger charge is -2.34. The quantitative estimate of drug-likeness (QED) is 0.861.